The van der Waals surface area contributed by atoms with Crippen LogP contribution in [0, 0.1) is 0 Å². The largest absolute Gasteiger partial charge is 0.304 e. The number of aromatic nitrogens is 2. The summed E-state index contributed by atoms with van der Waals surface area (Å²) in [6, 6.07) is 14.8. The van der Waals surface area contributed by atoms with Crippen LogP contribution in [0.5, 0.6) is 0 Å². The molecule has 0 radical (unpaired) electrons. The smallest absolute Gasteiger partial charge is 0.0769 e. The number of hydrogen-bond acceptors (Lipinski definition) is 3. The van der Waals surface area contributed by atoms with E-state index in [2.05, 4.69) is 46.7 Å². The Morgan fingerprint density at radius 2 is 1.94 bits per heavy atom. The van der Waals surface area contributed by atoms with Crippen LogP contribution in [0.15, 0.2) is 48.7 Å². The molecule has 3 heteroatoms. The molecule has 88 valence electrons. The van der Waals surface area contributed by atoms with E-state index in [1.165, 1.54) is 5.56 Å². The molecule has 0 aliphatic carbocycles. The fraction of sp³-hybridized carbons (Fsp3) is 0.286. The molecule has 2 aromatic rings. The molecule has 1 heterocycles. The predicted molar refractivity (Wildman–Crippen MR) is 68.3 cm³/mol. The third kappa shape index (κ3) is 3.36. The van der Waals surface area contributed by atoms with Gasteiger partial charge in [0, 0.05) is 18.8 Å². The maximum Gasteiger partial charge on any atom is 0.0769 e. The van der Waals surface area contributed by atoms with E-state index in [1.54, 1.807) is 6.20 Å². The second-order valence-electron chi connectivity index (χ2n) is 3.97. The number of nitrogens with zero attached hydrogens (tertiary/aromatic N) is 2. The summed E-state index contributed by atoms with van der Waals surface area (Å²) in [6.45, 7) is 2.93. The van der Waals surface area contributed by atoms with Gasteiger partial charge in [-0.15, -0.1) is 0 Å². The molecule has 0 aliphatic rings. The summed E-state index contributed by atoms with van der Waals surface area (Å²) in [5.74, 6) is 0. The Hall–Kier alpha value is -1.74. The van der Waals surface area contributed by atoms with Gasteiger partial charge in [-0.3, -0.25) is 0 Å². The monoisotopic (exact) mass is 227 g/mol. The Morgan fingerprint density at radius 1 is 1.12 bits per heavy atom. The Bertz CT molecular complexity index is 428. The van der Waals surface area contributed by atoms with Gasteiger partial charge < -0.3 is 5.32 Å². The standard InChI is InChI=1S/C14H17N3/c1-2-14(12-7-4-3-5-8-12)15-11-13-9-6-10-16-17-13/h3-10,14-15H,2,11H2,1H3. The normalized spacial score (nSPS) is 12.3. The number of rotatable bonds is 5. The Morgan fingerprint density at radius 3 is 2.59 bits per heavy atom. The van der Waals surface area contributed by atoms with Crippen LogP contribution in [0.1, 0.15) is 30.6 Å². The van der Waals surface area contributed by atoms with Crippen molar-refractivity contribution in [3.05, 3.63) is 59.9 Å². The van der Waals surface area contributed by atoms with Crippen molar-refractivity contribution >= 4 is 0 Å². The molecule has 1 aromatic heterocycles. The van der Waals surface area contributed by atoms with Crippen LogP contribution < -0.4 is 5.32 Å². The van der Waals surface area contributed by atoms with Gasteiger partial charge in [-0.05, 0) is 24.1 Å². The fourth-order valence-electron chi connectivity index (χ4n) is 1.84. The van der Waals surface area contributed by atoms with Gasteiger partial charge in [0.05, 0.1) is 5.69 Å². The highest BCUT2D eigenvalue weighted by Crippen LogP contribution is 2.16. The zero-order valence-electron chi connectivity index (χ0n) is 10.0. The van der Waals surface area contributed by atoms with E-state index in [9.17, 15) is 0 Å². The molecule has 1 unspecified atom stereocenters. The second kappa shape index (κ2) is 6.11. The summed E-state index contributed by atoms with van der Waals surface area (Å²) in [4.78, 5) is 0. The summed E-state index contributed by atoms with van der Waals surface area (Å²) in [5, 5.41) is 11.4. The van der Waals surface area contributed by atoms with E-state index in [4.69, 9.17) is 0 Å². The molecule has 0 saturated carbocycles. The maximum atomic E-state index is 4.07. The molecule has 17 heavy (non-hydrogen) atoms. The van der Waals surface area contributed by atoms with E-state index >= 15 is 0 Å². The summed E-state index contributed by atoms with van der Waals surface area (Å²) in [6.07, 6.45) is 2.75. The molecule has 0 spiro atoms. The summed E-state index contributed by atoms with van der Waals surface area (Å²) in [7, 11) is 0. The van der Waals surface area contributed by atoms with Gasteiger partial charge >= 0.3 is 0 Å². The minimum absolute atomic E-state index is 0.373. The first-order valence-electron chi connectivity index (χ1n) is 5.95. The zero-order valence-corrected chi connectivity index (χ0v) is 10.0. The van der Waals surface area contributed by atoms with Crippen LogP contribution in [0.2, 0.25) is 0 Å². The first kappa shape index (κ1) is 11.7. The van der Waals surface area contributed by atoms with Gasteiger partial charge in [0.15, 0.2) is 0 Å². The lowest BCUT2D eigenvalue weighted by atomic mass is 10.0. The highest BCUT2D eigenvalue weighted by molar-refractivity contribution is 5.18. The lowest BCUT2D eigenvalue weighted by Crippen LogP contribution is -2.20. The first-order valence-corrected chi connectivity index (χ1v) is 5.95. The van der Waals surface area contributed by atoms with E-state index < -0.39 is 0 Å². The van der Waals surface area contributed by atoms with Crippen LogP contribution in [-0.2, 0) is 6.54 Å². The molecular formula is C14H17N3. The van der Waals surface area contributed by atoms with E-state index in [0.717, 1.165) is 18.7 Å². The van der Waals surface area contributed by atoms with Crippen molar-refractivity contribution in [2.45, 2.75) is 25.9 Å². The third-order valence-corrected chi connectivity index (χ3v) is 2.77. The Balaban J connectivity index is 1.97. The van der Waals surface area contributed by atoms with E-state index in [1.807, 2.05) is 18.2 Å². The lowest BCUT2D eigenvalue weighted by Gasteiger charge is -2.16. The Labute approximate surface area is 102 Å². The SMILES string of the molecule is CCC(NCc1cccnn1)c1ccccc1. The van der Waals surface area contributed by atoms with Crippen molar-refractivity contribution in [1.82, 2.24) is 15.5 Å². The average molecular weight is 227 g/mol. The van der Waals surface area contributed by atoms with Gasteiger partial charge in [0.25, 0.3) is 0 Å². The van der Waals surface area contributed by atoms with Crippen LogP contribution in [0.3, 0.4) is 0 Å². The van der Waals surface area contributed by atoms with Crippen molar-refractivity contribution in [2.75, 3.05) is 0 Å². The molecule has 0 fully saturated rings. The predicted octanol–water partition coefficient (Wildman–Crippen LogP) is 2.72. The number of nitrogens with one attached hydrogen (secondary N) is 1. The quantitative estimate of drug-likeness (QED) is 0.853. The molecule has 0 amide bonds. The van der Waals surface area contributed by atoms with E-state index in [0.29, 0.717) is 6.04 Å². The topological polar surface area (TPSA) is 37.8 Å². The summed E-state index contributed by atoms with van der Waals surface area (Å²) < 4.78 is 0. The molecule has 1 atom stereocenters. The second-order valence-corrected chi connectivity index (χ2v) is 3.97. The molecule has 3 nitrogen and oxygen atoms in total. The maximum absolute atomic E-state index is 4.07. The minimum Gasteiger partial charge on any atom is -0.304 e. The van der Waals surface area contributed by atoms with Gasteiger partial charge in [0.1, 0.15) is 0 Å². The third-order valence-electron chi connectivity index (χ3n) is 2.77. The van der Waals surface area contributed by atoms with Gasteiger partial charge in [0.2, 0.25) is 0 Å². The fourth-order valence-corrected chi connectivity index (χ4v) is 1.84. The number of benzene rings is 1. The average Bonchev–Trinajstić information content (AvgIpc) is 2.42. The minimum atomic E-state index is 0.373. The highest BCUT2D eigenvalue weighted by Gasteiger charge is 2.07. The summed E-state index contributed by atoms with van der Waals surface area (Å²) in [5.41, 5.74) is 2.29. The summed E-state index contributed by atoms with van der Waals surface area (Å²) >= 11 is 0. The van der Waals surface area contributed by atoms with Crippen molar-refractivity contribution in [1.29, 1.82) is 0 Å². The number of hydrogen-bond donors (Lipinski definition) is 1. The van der Waals surface area contributed by atoms with Crippen molar-refractivity contribution < 1.29 is 0 Å². The molecule has 1 aromatic carbocycles. The first-order chi connectivity index (χ1) is 8.40. The van der Waals surface area contributed by atoms with Gasteiger partial charge in [-0.25, -0.2) is 0 Å². The molecule has 0 saturated heterocycles. The molecular weight excluding hydrogens is 210 g/mol. The highest BCUT2D eigenvalue weighted by atomic mass is 15.1. The van der Waals surface area contributed by atoms with Crippen molar-refractivity contribution in [2.24, 2.45) is 0 Å². The molecule has 1 N–H and O–H groups in total. The Kier molecular flexibility index (Phi) is 4.22. The van der Waals surface area contributed by atoms with Crippen LogP contribution in [-0.4, -0.2) is 10.2 Å². The van der Waals surface area contributed by atoms with Gasteiger partial charge in [-0.1, -0.05) is 37.3 Å². The molecule has 2 rings (SSSR count). The van der Waals surface area contributed by atoms with E-state index in [-0.39, 0.29) is 0 Å². The van der Waals surface area contributed by atoms with Crippen molar-refractivity contribution in [3.8, 4) is 0 Å². The van der Waals surface area contributed by atoms with Crippen LogP contribution >= 0.6 is 0 Å². The van der Waals surface area contributed by atoms with Crippen molar-refractivity contribution in [3.63, 3.8) is 0 Å². The molecule has 0 bridgehead atoms. The lowest BCUT2D eigenvalue weighted by molar-refractivity contribution is 0.512. The van der Waals surface area contributed by atoms with Crippen LogP contribution in [0.4, 0.5) is 0 Å². The molecule has 0 aliphatic heterocycles. The van der Waals surface area contributed by atoms with Gasteiger partial charge in [-0.2, -0.15) is 10.2 Å². The van der Waals surface area contributed by atoms with Crippen LogP contribution in [0.25, 0.3) is 0 Å². The zero-order chi connectivity index (χ0) is 11.9.